The lowest BCUT2D eigenvalue weighted by Gasteiger charge is -2.15. The summed E-state index contributed by atoms with van der Waals surface area (Å²) in [6.45, 7) is 3.64. The van der Waals surface area contributed by atoms with E-state index in [1.807, 2.05) is 0 Å². The SMILES string of the molecule is CCOC(=O)C1NC(=O)NC1C(=O)OCC. The van der Waals surface area contributed by atoms with Crippen LogP contribution in [0.4, 0.5) is 4.79 Å². The lowest BCUT2D eigenvalue weighted by atomic mass is 10.1. The Kier molecular flexibility index (Phi) is 4.10. The molecule has 90 valence electrons. The second-order valence-electron chi connectivity index (χ2n) is 3.08. The van der Waals surface area contributed by atoms with Crippen molar-refractivity contribution >= 4 is 18.0 Å². The number of carbonyl (C=O) groups excluding carboxylic acids is 3. The molecular weight excluding hydrogens is 216 g/mol. The number of carbonyl (C=O) groups is 3. The van der Waals surface area contributed by atoms with Crippen molar-refractivity contribution < 1.29 is 23.9 Å². The first-order valence-corrected chi connectivity index (χ1v) is 5.00. The summed E-state index contributed by atoms with van der Waals surface area (Å²) in [6.07, 6.45) is 0. The Bertz CT molecular complexity index is 276. The van der Waals surface area contributed by atoms with Crippen molar-refractivity contribution in [2.75, 3.05) is 13.2 Å². The van der Waals surface area contributed by atoms with Gasteiger partial charge in [0.15, 0.2) is 12.1 Å². The molecule has 2 atom stereocenters. The Balaban J connectivity index is 2.69. The molecule has 16 heavy (non-hydrogen) atoms. The molecule has 0 spiro atoms. The molecule has 0 aromatic heterocycles. The number of hydrogen-bond donors (Lipinski definition) is 2. The van der Waals surface area contributed by atoms with Gasteiger partial charge in [-0.05, 0) is 13.8 Å². The summed E-state index contributed by atoms with van der Waals surface area (Å²) in [5, 5.41) is 4.60. The highest BCUT2D eigenvalue weighted by atomic mass is 16.5. The fourth-order valence-corrected chi connectivity index (χ4v) is 1.34. The minimum Gasteiger partial charge on any atom is -0.464 e. The Morgan fingerprint density at radius 1 is 1.06 bits per heavy atom. The number of rotatable bonds is 4. The third-order valence-electron chi connectivity index (χ3n) is 1.99. The summed E-state index contributed by atoms with van der Waals surface area (Å²) in [6, 6.07) is -2.63. The van der Waals surface area contributed by atoms with E-state index < -0.39 is 30.1 Å². The first-order valence-electron chi connectivity index (χ1n) is 5.00. The molecule has 0 aromatic carbocycles. The number of esters is 2. The maximum atomic E-state index is 11.4. The highest BCUT2D eigenvalue weighted by Crippen LogP contribution is 2.06. The van der Waals surface area contributed by atoms with Gasteiger partial charge in [-0.15, -0.1) is 0 Å². The topological polar surface area (TPSA) is 93.7 Å². The molecule has 7 nitrogen and oxygen atoms in total. The van der Waals surface area contributed by atoms with E-state index in [2.05, 4.69) is 10.6 Å². The van der Waals surface area contributed by atoms with Gasteiger partial charge >= 0.3 is 18.0 Å². The van der Waals surface area contributed by atoms with Crippen LogP contribution in [0.3, 0.4) is 0 Å². The van der Waals surface area contributed by atoms with Crippen molar-refractivity contribution in [1.82, 2.24) is 10.6 Å². The Hall–Kier alpha value is -1.79. The molecule has 7 heteroatoms. The molecule has 0 aliphatic carbocycles. The molecule has 2 unspecified atom stereocenters. The zero-order valence-electron chi connectivity index (χ0n) is 9.11. The third kappa shape index (κ3) is 2.62. The van der Waals surface area contributed by atoms with Crippen LogP contribution in [0.15, 0.2) is 0 Å². The molecule has 1 aliphatic heterocycles. The summed E-state index contributed by atoms with van der Waals surface area (Å²) in [7, 11) is 0. The fourth-order valence-electron chi connectivity index (χ4n) is 1.34. The van der Waals surface area contributed by atoms with Gasteiger partial charge in [0.25, 0.3) is 0 Å². The Morgan fingerprint density at radius 3 is 1.75 bits per heavy atom. The third-order valence-corrected chi connectivity index (χ3v) is 1.99. The number of hydrogen-bond acceptors (Lipinski definition) is 5. The average Bonchev–Trinajstić information content (AvgIpc) is 2.61. The first-order chi connectivity index (χ1) is 7.60. The van der Waals surface area contributed by atoms with Crippen molar-refractivity contribution in [3.05, 3.63) is 0 Å². The van der Waals surface area contributed by atoms with Gasteiger partial charge in [-0.25, -0.2) is 14.4 Å². The van der Waals surface area contributed by atoms with E-state index in [1.165, 1.54) is 0 Å². The smallest absolute Gasteiger partial charge is 0.331 e. The van der Waals surface area contributed by atoms with Crippen LogP contribution in [0.5, 0.6) is 0 Å². The summed E-state index contributed by atoms with van der Waals surface area (Å²) in [5.74, 6) is -1.31. The summed E-state index contributed by atoms with van der Waals surface area (Å²) in [4.78, 5) is 33.9. The minimum absolute atomic E-state index is 0.181. The maximum absolute atomic E-state index is 11.4. The van der Waals surface area contributed by atoms with Crippen LogP contribution in [0.25, 0.3) is 0 Å². The normalized spacial score (nSPS) is 23.2. The van der Waals surface area contributed by atoms with Crippen molar-refractivity contribution in [3.63, 3.8) is 0 Å². The lowest BCUT2D eigenvalue weighted by Crippen LogP contribution is -2.47. The predicted octanol–water partition coefficient (Wildman–Crippen LogP) is -0.837. The maximum Gasteiger partial charge on any atom is 0.331 e. The van der Waals surface area contributed by atoms with Gasteiger partial charge in [-0.1, -0.05) is 0 Å². The zero-order valence-corrected chi connectivity index (χ0v) is 9.11. The molecule has 1 rings (SSSR count). The van der Waals surface area contributed by atoms with E-state index in [9.17, 15) is 14.4 Å². The molecule has 1 aliphatic rings. The van der Waals surface area contributed by atoms with Crippen LogP contribution in [0.1, 0.15) is 13.8 Å². The van der Waals surface area contributed by atoms with Gasteiger partial charge in [0.2, 0.25) is 0 Å². The van der Waals surface area contributed by atoms with E-state index in [0.29, 0.717) is 0 Å². The van der Waals surface area contributed by atoms with Crippen LogP contribution in [0, 0.1) is 0 Å². The van der Waals surface area contributed by atoms with Crippen molar-refractivity contribution in [1.29, 1.82) is 0 Å². The van der Waals surface area contributed by atoms with Crippen molar-refractivity contribution in [2.45, 2.75) is 25.9 Å². The second-order valence-corrected chi connectivity index (χ2v) is 3.08. The standard InChI is InChI=1S/C9H14N2O5/c1-3-15-7(12)5-6(8(13)16-4-2)11-9(14)10-5/h5-6H,3-4H2,1-2H3,(H2,10,11,14). The molecule has 2 amide bonds. The lowest BCUT2D eigenvalue weighted by molar-refractivity contribution is -0.153. The molecule has 0 radical (unpaired) electrons. The summed E-state index contributed by atoms with van der Waals surface area (Å²) >= 11 is 0. The number of amides is 2. The number of urea groups is 1. The van der Waals surface area contributed by atoms with E-state index in [-0.39, 0.29) is 13.2 Å². The molecular formula is C9H14N2O5. The number of ether oxygens (including phenoxy) is 2. The molecule has 1 fully saturated rings. The van der Waals surface area contributed by atoms with Crippen LogP contribution >= 0.6 is 0 Å². The monoisotopic (exact) mass is 230 g/mol. The first kappa shape index (κ1) is 12.3. The van der Waals surface area contributed by atoms with Gasteiger partial charge in [-0.2, -0.15) is 0 Å². The molecule has 1 saturated heterocycles. The molecule has 0 bridgehead atoms. The Labute approximate surface area is 92.5 Å². The van der Waals surface area contributed by atoms with E-state index in [0.717, 1.165) is 0 Å². The van der Waals surface area contributed by atoms with E-state index >= 15 is 0 Å². The Morgan fingerprint density at radius 2 is 1.44 bits per heavy atom. The van der Waals surface area contributed by atoms with Gasteiger partial charge in [0.05, 0.1) is 13.2 Å². The molecule has 1 heterocycles. The predicted molar refractivity (Wildman–Crippen MR) is 52.5 cm³/mol. The van der Waals surface area contributed by atoms with Gasteiger partial charge in [0, 0.05) is 0 Å². The summed E-state index contributed by atoms with van der Waals surface area (Å²) in [5.41, 5.74) is 0. The number of nitrogens with one attached hydrogen (secondary N) is 2. The largest absolute Gasteiger partial charge is 0.464 e. The van der Waals surface area contributed by atoms with Gasteiger partial charge < -0.3 is 20.1 Å². The van der Waals surface area contributed by atoms with Crippen LogP contribution in [0.2, 0.25) is 0 Å². The second kappa shape index (κ2) is 5.34. The van der Waals surface area contributed by atoms with Gasteiger partial charge in [-0.3, -0.25) is 0 Å². The van der Waals surface area contributed by atoms with E-state index in [1.54, 1.807) is 13.8 Å². The zero-order chi connectivity index (χ0) is 12.1. The summed E-state index contributed by atoms with van der Waals surface area (Å²) < 4.78 is 9.46. The van der Waals surface area contributed by atoms with E-state index in [4.69, 9.17) is 9.47 Å². The van der Waals surface area contributed by atoms with Crippen LogP contribution in [-0.4, -0.2) is 43.3 Å². The van der Waals surface area contributed by atoms with Crippen LogP contribution < -0.4 is 10.6 Å². The van der Waals surface area contributed by atoms with Crippen LogP contribution in [-0.2, 0) is 19.1 Å². The molecule has 2 N–H and O–H groups in total. The van der Waals surface area contributed by atoms with Gasteiger partial charge in [0.1, 0.15) is 0 Å². The minimum atomic E-state index is -1.02. The fraction of sp³-hybridized carbons (Fsp3) is 0.667. The average molecular weight is 230 g/mol. The highest BCUT2D eigenvalue weighted by Gasteiger charge is 2.43. The van der Waals surface area contributed by atoms with Crippen molar-refractivity contribution in [3.8, 4) is 0 Å². The van der Waals surface area contributed by atoms with Crippen molar-refractivity contribution in [2.24, 2.45) is 0 Å². The highest BCUT2D eigenvalue weighted by molar-refractivity contribution is 5.96. The molecule has 0 saturated carbocycles. The quantitative estimate of drug-likeness (QED) is 0.614. The molecule has 0 aromatic rings.